The van der Waals surface area contributed by atoms with Crippen LogP contribution in [0.2, 0.25) is 0 Å². The van der Waals surface area contributed by atoms with Crippen LogP contribution in [0.25, 0.3) is 11.0 Å². The van der Waals surface area contributed by atoms with Crippen molar-refractivity contribution >= 4 is 40.0 Å². The molecule has 1 aliphatic rings. The highest BCUT2D eigenvalue weighted by molar-refractivity contribution is 7.12. The van der Waals surface area contributed by atoms with Crippen molar-refractivity contribution in [1.82, 2.24) is 15.0 Å². The first kappa shape index (κ1) is 20.7. The number of aliphatic hydroxyl groups is 1. The first-order valence-corrected chi connectivity index (χ1v) is 10.8. The summed E-state index contributed by atoms with van der Waals surface area (Å²) >= 11 is 1.23. The van der Waals surface area contributed by atoms with Crippen LogP contribution in [0.4, 0.5) is 5.95 Å². The molecule has 0 aliphatic carbocycles. The third-order valence-corrected chi connectivity index (χ3v) is 6.24. The van der Waals surface area contributed by atoms with E-state index in [0.717, 1.165) is 0 Å². The number of nitrogens with one attached hydrogen (secondary N) is 1. The van der Waals surface area contributed by atoms with Crippen LogP contribution in [-0.4, -0.2) is 46.0 Å². The molecule has 4 heterocycles. The van der Waals surface area contributed by atoms with Crippen molar-refractivity contribution in [2.75, 3.05) is 19.1 Å². The topological polar surface area (TPSA) is 118 Å². The second-order valence-corrected chi connectivity index (χ2v) is 8.13. The SMILES string of the molecule is COc1cc2nc(N3C(=O)C(O)=C(C(=O)c4cccs4)C3c3ccccn3)[nH]c2cc1OC. The van der Waals surface area contributed by atoms with E-state index in [1.54, 1.807) is 54.0 Å². The van der Waals surface area contributed by atoms with E-state index in [4.69, 9.17) is 9.47 Å². The van der Waals surface area contributed by atoms with Crippen LogP contribution in [0.3, 0.4) is 0 Å². The molecule has 5 rings (SSSR count). The van der Waals surface area contributed by atoms with E-state index in [2.05, 4.69) is 15.0 Å². The number of carbonyl (C=O) groups excluding carboxylic acids is 2. The number of aliphatic hydroxyl groups excluding tert-OH is 1. The Balaban J connectivity index is 1.67. The lowest BCUT2D eigenvalue weighted by molar-refractivity contribution is -0.117. The van der Waals surface area contributed by atoms with Crippen LogP contribution < -0.4 is 14.4 Å². The minimum atomic E-state index is -0.961. The fourth-order valence-corrected chi connectivity index (χ4v) is 4.53. The van der Waals surface area contributed by atoms with Gasteiger partial charge in [-0.25, -0.2) is 4.98 Å². The normalized spacial score (nSPS) is 16.0. The molecule has 1 amide bonds. The molecule has 1 aliphatic heterocycles. The summed E-state index contributed by atoms with van der Waals surface area (Å²) in [6.07, 6.45) is 1.56. The third kappa shape index (κ3) is 3.31. The maximum atomic E-state index is 13.3. The number of aromatic nitrogens is 3. The third-order valence-electron chi connectivity index (χ3n) is 5.37. The second kappa shape index (κ2) is 8.06. The van der Waals surface area contributed by atoms with Crippen LogP contribution in [-0.2, 0) is 4.79 Å². The number of methoxy groups -OCH3 is 2. The number of hydrogen-bond acceptors (Lipinski definition) is 8. The summed E-state index contributed by atoms with van der Waals surface area (Å²) < 4.78 is 10.7. The molecule has 4 aromatic rings. The smallest absolute Gasteiger partial charge is 0.296 e. The maximum absolute atomic E-state index is 13.3. The Hall–Kier alpha value is -4.18. The molecular weight excluding hydrogens is 444 g/mol. The lowest BCUT2D eigenvalue weighted by Gasteiger charge is -2.23. The molecule has 0 bridgehead atoms. The molecule has 0 spiro atoms. The number of ether oxygens (including phenoxy) is 2. The Kier molecular flexibility index (Phi) is 5.06. The van der Waals surface area contributed by atoms with Crippen LogP contribution >= 0.6 is 11.3 Å². The Bertz CT molecular complexity index is 1350. The zero-order valence-electron chi connectivity index (χ0n) is 17.6. The van der Waals surface area contributed by atoms with Gasteiger partial charge in [0, 0.05) is 18.3 Å². The number of amides is 1. The predicted octanol–water partition coefficient (Wildman–Crippen LogP) is 3.82. The molecule has 1 aromatic carbocycles. The molecule has 33 heavy (non-hydrogen) atoms. The van der Waals surface area contributed by atoms with Gasteiger partial charge in [0.05, 0.1) is 41.4 Å². The molecule has 10 heteroatoms. The van der Waals surface area contributed by atoms with Gasteiger partial charge in [0.1, 0.15) is 6.04 Å². The predicted molar refractivity (Wildman–Crippen MR) is 122 cm³/mol. The first-order valence-electron chi connectivity index (χ1n) is 9.91. The number of benzene rings is 1. The number of carbonyl (C=O) groups is 2. The monoisotopic (exact) mass is 462 g/mol. The molecule has 2 N–H and O–H groups in total. The summed E-state index contributed by atoms with van der Waals surface area (Å²) in [7, 11) is 3.04. The highest BCUT2D eigenvalue weighted by atomic mass is 32.1. The standard InChI is InChI=1S/C23H18N4O5S/c1-31-15-10-13-14(11-16(15)32-2)26-23(25-13)27-19(12-6-3-4-8-24-12)18(21(29)22(27)30)20(28)17-7-5-9-33-17/h3-11,19,29H,1-2H3,(H,25,26). The van der Waals surface area contributed by atoms with Gasteiger partial charge in [-0.3, -0.25) is 19.5 Å². The highest BCUT2D eigenvalue weighted by Crippen LogP contribution is 2.42. The van der Waals surface area contributed by atoms with E-state index in [9.17, 15) is 14.7 Å². The number of hydrogen-bond donors (Lipinski definition) is 2. The van der Waals surface area contributed by atoms with Gasteiger partial charge in [-0.2, -0.15) is 0 Å². The van der Waals surface area contributed by atoms with Crippen LogP contribution in [0, 0.1) is 0 Å². The number of anilines is 1. The number of ketones is 1. The molecule has 0 fully saturated rings. The van der Waals surface area contributed by atoms with Crippen LogP contribution in [0.1, 0.15) is 21.4 Å². The van der Waals surface area contributed by atoms with Gasteiger partial charge in [-0.1, -0.05) is 12.1 Å². The van der Waals surface area contributed by atoms with Crippen molar-refractivity contribution in [2.24, 2.45) is 0 Å². The van der Waals surface area contributed by atoms with Crippen molar-refractivity contribution in [1.29, 1.82) is 0 Å². The Morgan fingerprint density at radius 1 is 1.15 bits per heavy atom. The Labute approximate surface area is 191 Å². The fourth-order valence-electron chi connectivity index (χ4n) is 3.85. The quantitative estimate of drug-likeness (QED) is 0.418. The van der Waals surface area contributed by atoms with Crippen molar-refractivity contribution < 1.29 is 24.2 Å². The number of fused-ring (bicyclic) bond motifs is 1. The van der Waals surface area contributed by atoms with E-state index >= 15 is 0 Å². The average Bonchev–Trinajstić information content (AvgIpc) is 3.57. The lowest BCUT2D eigenvalue weighted by atomic mass is 9.99. The minimum absolute atomic E-state index is 0.0447. The molecule has 166 valence electrons. The zero-order chi connectivity index (χ0) is 23.1. The highest BCUT2D eigenvalue weighted by Gasteiger charge is 2.46. The molecule has 9 nitrogen and oxygen atoms in total. The number of nitrogens with zero attached hydrogens (tertiary/aromatic N) is 3. The number of Topliss-reactive ketones (excluding diaryl/α,β-unsaturated/α-hetero) is 1. The van der Waals surface area contributed by atoms with E-state index in [1.165, 1.54) is 30.5 Å². The van der Waals surface area contributed by atoms with Crippen molar-refractivity contribution in [3.05, 3.63) is 75.9 Å². The average molecular weight is 462 g/mol. The zero-order valence-corrected chi connectivity index (χ0v) is 18.4. The molecule has 0 saturated carbocycles. The van der Waals surface area contributed by atoms with E-state index < -0.39 is 23.5 Å². The van der Waals surface area contributed by atoms with E-state index in [0.29, 0.717) is 33.1 Å². The number of rotatable bonds is 6. The summed E-state index contributed by atoms with van der Waals surface area (Å²) in [5.41, 5.74) is 1.49. The maximum Gasteiger partial charge on any atom is 0.296 e. The van der Waals surface area contributed by atoms with Crippen LogP contribution in [0.15, 0.2) is 65.4 Å². The van der Waals surface area contributed by atoms with E-state index in [-0.39, 0.29) is 11.5 Å². The van der Waals surface area contributed by atoms with Gasteiger partial charge in [0.2, 0.25) is 11.7 Å². The molecule has 1 atom stereocenters. The van der Waals surface area contributed by atoms with Gasteiger partial charge in [0.25, 0.3) is 5.91 Å². The van der Waals surface area contributed by atoms with Crippen molar-refractivity contribution in [3.8, 4) is 11.5 Å². The summed E-state index contributed by atoms with van der Waals surface area (Å²) in [6, 6.07) is 11.0. The summed E-state index contributed by atoms with van der Waals surface area (Å²) in [6.45, 7) is 0. The van der Waals surface area contributed by atoms with Gasteiger partial charge >= 0.3 is 0 Å². The summed E-state index contributed by atoms with van der Waals surface area (Å²) in [4.78, 5) is 40.2. The molecule has 0 radical (unpaired) electrons. The number of H-pyrrole nitrogens is 1. The number of imidazole rings is 1. The summed E-state index contributed by atoms with van der Waals surface area (Å²) in [5.74, 6) is -0.687. The van der Waals surface area contributed by atoms with Crippen molar-refractivity contribution in [2.45, 2.75) is 6.04 Å². The van der Waals surface area contributed by atoms with Crippen LogP contribution in [0.5, 0.6) is 11.5 Å². The molecule has 3 aromatic heterocycles. The van der Waals surface area contributed by atoms with E-state index in [1.807, 2.05) is 0 Å². The fraction of sp³-hybridized carbons (Fsp3) is 0.130. The van der Waals surface area contributed by atoms with Gasteiger partial charge in [0.15, 0.2) is 17.3 Å². The molecule has 0 saturated heterocycles. The minimum Gasteiger partial charge on any atom is -0.503 e. The largest absolute Gasteiger partial charge is 0.503 e. The number of pyridine rings is 1. The summed E-state index contributed by atoms with van der Waals surface area (Å²) in [5, 5.41) is 12.6. The van der Waals surface area contributed by atoms with Gasteiger partial charge in [-0.05, 0) is 23.6 Å². The van der Waals surface area contributed by atoms with Gasteiger partial charge < -0.3 is 19.6 Å². The first-order chi connectivity index (χ1) is 16.0. The molecule has 1 unspecified atom stereocenters. The number of aromatic amines is 1. The van der Waals surface area contributed by atoms with Crippen molar-refractivity contribution in [3.63, 3.8) is 0 Å². The second-order valence-electron chi connectivity index (χ2n) is 7.19. The lowest BCUT2D eigenvalue weighted by Crippen LogP contribution is -2.32. The Morgan fingerprint density at radius 3 is 2.61 bits per heavy atom. The molecular formula is C23H18N4O5S. The van der Waals surface area contributed by atoms with Gasteiger partial charge in [-0.15, -0.1) is 11.3 Å². The Morgan fingerprint density at radius 2 is 1.94 bits per heavy atom. The number of thiophene rings is 1.